The summed E-state index contributed by atoms with van der Waals surface area (Å²) >= 11 is 1.54. The molecule has 1 amide bonds. The number of H-pyrrole nitrogens is 2. The summed E-state index contributed by atoms with van der Waals surface area (Å²) in [5, 5.41) is 10.2. The van der Waals surface area contributed by atoms with Gasteiger partial charge in [0.2, 0.25) is 0 Å². The lowest BCUT2D eigenvalue weighted by Gasteiger charge is -2.09. The Morgan fingerprint density at radius 1 is 1.21 bits per heavy atom. The molecule has 4 aromatic rings. The van der Waals surface area contributed by atoms with Crippen LogP contribution < -0.4 is 11.0 Å². The summed E-state index contributed by atoms with van der Waals surface area (Å²) in [7, 11) is 0. The van der Waals surface area contributed by atoms with Crippen molar-refractivity contribution in [2.75, 3.05) is 5.32 Å². The maximum atomic E-state index is 12.6. The maximum absolute atomic E-state index is 12.6. The molecule has 0 unspecified atom stereocenters. The number of aromatic amines is 2. The largest absolute Gasteiger partial charge is 0.330 e. The lowest BCUT2D eigenvalue weighted by atomic mass is 10.1. The number of nitrogens with one attached hydrogen (secondary N) is 3. The lowest BCUT2D eigenvalue weighted by Crippen LogP contribution is -2.16. The van der Waals surface area contributed by atoms with Gasteiger partial charge in [0.1, 0.15) is 6.33 Å². The quantitative estimate of drug-likeness (QED) is 0.426. The molecule has 146 valence electrons. The Balaban J connectivity index is 1.44. The van der Waals surface area contributed by atoms with E-state index in [1.54, 1.807) is 41.1 Å². The van der Waals surface area contributed by atoms with Crippen molar-refractivity contribution >= 4 is 23.4 Å². The van der Waals surface area contributed by atoms with E-state index in [1.807, 2.05) is 25.1 Å². The Bertz CT molecular complexity index is 1180. The fraction of sp³-hybridized carbons (Fsp3) is 0.100. The van der Waals surface area contributed by atoms with Gasteiger partial charge in [0, 0.05) is 28.9 Å². The van der Waals surface area contributed by atoms with Crippen molar-refractivity contribution in [3.8, 4) is 5.69 Å². The topological polar surface area (TPSA) is 108 Å². The van der Waals surface area contributed by atoms with Crippen LogP contribution in [0.5, 0.6) is 0 Å². The number of imidazole rings is 1. The van der Waals surface area contributed by atoms with Crippen LogP contribution in [0.1, 0.15) is 21.6 Å². The molecule has 0 aliphatic carbocycles. The van der Waals surface area contributed by atoms with Crippen molar-refractivity contribution < 1.29 is 4.79 Å². The van der Waals surface area contributed by atoms with Crippen molar-refractivity contribution in [3.63, 3.8) is 0 Å². The SMILES string of the molecule is Cc1c[nH]c(=O)n1-c1cccc(NC(=O)c2ccc(CSc3ncn[nH]3)cc2)c1. The lowest BCUT2D eigenvalue weighted by molar-refractivity contribution is 0.102. The minimum Gasteiger partial charge on any atom is -0.322 e. The highest BCUT2D eigenvalue weighted by molar-refractivity contribution is 7.98. The van der Waals surface area contributed by atoms with Crippen molar-refractivity contribution in [3.05, 3.63) is 88.4 Å². The highest BCUT2D eigenvalue weighted by Crippen LogP contribution is 2.19. The molecule has 4 rings (SSSR count). The molecule has 0 spiro atoms. The van der Waals surface area contributed by atoms with Crippen molar-refractivity contribution in [2.45, 2.75) is 17.8 Å². The molecule has 0 radical (unpaired) electrons. The summed E-state index contributed by atoms with van der Waals surface area (Å²) in [6.07, 6.45) is 3.12. The van der Waals surface area contributed by atoms with E-state index >= 15 is 0 Å². The van der Waals surface area contributed by atoms with E-state index < -0.39 is 0 Å². The summed E-state index contributed by atoms with van der Waals surface area (Å²) in [4.78, 5) is 31.3. The molecule has 2 heterocycles. The highest BCUT2D eigenvalue weighted by atomic mass is 32.2. The van der Waals surface area contributed by atoms with Crippen LogP contribution in [0.25, 0.3) is 5.69 Å². The number of aryl methyl sites for hydroxylation is 1. The summed E-state index contributed by atoms with van der Waals surface area (Å²) in [5.41, 5.74) is 3.50. The van der Waals surface area contributed by atoms with Gasteiger partial charge >= 0.3 is 5.69 Å². The number of amides is 1. The molecule has 0 aliphatic heterocycles. The molecule has 3 N–H and O–H groups in total. The third-order valence-corrected chi connectivity index (χ3v) is 5.25. The Kier molecular flexibility index (Phi) is 5.30. The molecule has 8 nitrogen and oxygen atoms in total. The monoisotopic (exact) mass is 406 g/mol. The number of nitrogens with zero attached hydrogens (tertiary/aromatic N) is 3. The van der Waals surface area contributed by atoms with Gasteiger partial charge in [-0.15, -0.1) is 0 Å². The molecule has 0 saturated heterocycles. The molecular formula is C20H18N6O2S. The van der Waals surface area contributed by atoms with E-state index in [9.17, 15) is 9.59 Å². The Hall–Kier alpha value is -3.59. The molecule has 2 aromatic heterocycles. The fourth-order valence-corrected chi connectivity index (χ4v) is 3.60. The van der Waals surface area contributed by atoms with E-state index in [1.165, 1.54) is 18.1 Å². The molecular weight excluding hydrogens is 388 g/mol. The van der Waals surface area contributed by atoms with E-state index in [0.717, 1.165) is 22.2 Å². The Labute approximate surface area is 170 Å². The van der Waals surface area contributed by atoms with Crippen LogP contribution in [-0.4, -0.2) is 30.6 Å². The zero-order valence-corrected chi connectivity index (χ0v) is 16.4. The second-order valence-electron chi connectivity index (χ2n) is 6.35. The second-order valence-corrected chi connectivity index (χ2v) is 7.32. The minimum absolute atomic E-state index is 0.213. The molecule has 29 heavy (non-hydrogen) atoms. The van der Waals surface area contributed by atoms with E-state index in [-0.39, 0.29) is 11.6 Å². The van der Waals surface area contributed by atoms with Crippen LogP contribution in [-0.2, 0) is 5.75 Å². The zero-order valence-electron chi connectivity index (χ0n) is 15.5. The molecule has 0 atom stereocenters. The predicted molar refractivity (Wildman–Crippen MR) is 111 cm³/mol. The number of hydrogen-bond donors (Lipinski definition) is 3. The number of aromatic nitrogens is 5. The maximum Gasteiger partial charge on any atom is 0.330 e. The van der Waals surface area contributed by atoms with Crippen molar-refractivity contribution in [1.82, 2.24) is 24.7 Å². The van der Waals surface area contributed by atoms with Crippen molar-refractivity contribution in [2.24, 2.45) is 0 Å². The van der Waals surface area contributed by atoms with Crippen molar-refractivity contribution in [1.29, 1.82) is 0 Å². The number of anilines is 1. The summed E-state index contributed by atoms with van der Waals surface area (Å²) in [6, 6.07) is 14.6. The number of hydrogen-bond acceptors (Lipinski definition) is 5. The fourth-order valence-electron chi connectivity index (χ4n) is 2.87. The Morgan fingerprint density at radius 3 is 2.72 bits per heavy atom. The molecule has 0 aliphatic rings. The van der Waals surface area contributed by atoms with Gasteiger partial charge in [-0.3, -0.25) is 14.5 Å². The van der Waals surface area contributed by atoms with Gasteiger partial charge in [0.05, 0.1) is 5.69 Å². The average Bonchev–Trinajstić information content (AvgIpc) is 3.36. The standard InChI is InChI=1S/C20H18N6O2S/c1-13-10-21-20(28)26(13)17-4-2-3-16(9-17)24-18(27)15-7-5-14(6-8-15)11-29-19-22-12-23-25-19/h2-10,12H,11H2,1H3,(H,21,28)(H,24,27)(H,22,23,25). The van der Waals surface area contributed by atoms with Gasteiger partial charge < -0.3 is 10.3 Å². The first-order chi connectivity index (χ1) is 14.1. The number of carbonyl (C=O) groups excluding carboxylic acids is 1. The third-order valence-electron chi connectivity index (χ3n) is 4.31. The van der Waals surface area contributed by atoms with Crippen LogP contribution in [0.2, 0.25) is 0 Å². The third kappa shape index (κ3) is 4.30. The van der Waals surface area contributed by atoms with Crippen LogP contribution >= 0.6 is 11.8 Å². The Morgan fingerprint density at radius 2 is 2.03 bits per heavy atom. The molecule has 9 heteroatoms. The van der Waals surface area contributed by atoms with Gasteiger partial charge in [0.25, 0.3) is 5.91 Å². The van der Waals surface area contributed by atoms with E-state index in [4.69, 9.17) is 0 Å². The summed E-state index contributed by atoms with van der Waals surface area (Å²) in [5.74, 6) is 0.513. The van der Waals surface area contributed by atoms with Gasteiger partial charge in [0.15, 0.2) is 5.16 Å². The van der Waals surface area contributed by atoms with Gasteiger partial charge in [-0.2, -0.15) is 5.10 Å². The van der Waals surface area contributed by atoms with Crippen LogP contribution in [0.15, 0.2) is 71.0 Å². The summed E-state index contributed by atoms with van der Waals surface area (Å²) in [6.45, 7) is 1.84. The first-order valence-electron chi connectivity index (χ1n) is 8.86. The molecule has 0 bridgehead atoms. The predicted octanol–water partition coefficient (Wildman–Crippen LogP) is 3.14. The second kappa shape index (κ2) is 8.19. The van der Waals surface area contributed by atoms with E-state index in [0.29, 0.717) is 16.9 Å². The molecule has 0 fully saturated rings. The molecule has 0 saturated carbocycles. The smallest absolute Gasteiger partial charge is 0.322 e. The average molecular weight is 406 g/mol. The first-order valence-corrected chi connectivity index (χ1v) is 9.84. The first kappa shape index (κ1) is 18.8. The van der Waals surface area contributed by atoms with Gasteiger partial charge in [-0.25, -0.2) is 9.78 Å². The number of carbonyl (C=O) groups is 1. The number of rotatable bonds is 6. The zero-order chi connectivity index (χ0) is 20.2. The van der Waals surface area contributed by atoms with Crippen LogP contribution in [0.4, 0.5) is 5.69 Å². The highest BCUT2D eigenvalue weighted by Gasteiger charge is 2.09. The number of thioether (sulfide) groups is 1. The molecule has 2 aromatic carbocycles. The van der Waals surface area contributed by atoms with Gasteiger partial charge in [-0.05, 0) is 42.8 Å². The summed E-state index contributed by atoms with van der Waals surface area (Å²) < 4.78 is 1.55. The normalized spacial score (nSPS) is 10.8. The van der Waals surface area contributed by atoms with Crippen LogP contribution in [0.3, 0.4) is 0 Å². The van der Waals surface area contributed by atoms with Gasteiger partial charge in [-0.1, -0.05) is 30.0 Å². The van der Waals surface area contributed by atoms with Crippen LogP contribution in [0, 0.1) is 6.92 Å². The number of benzene rings is 2. The minimum atomic E-state index is -0.218. The van der Waals surface area contributed by atoms with E-state index in [2.05, 4.69) is 25.5 Å².